The molecule has 0 aromatic heterocycles. The minimum absolute atomic E-state index is 0.202. The van der Waals surface area contributed by atoms with Crippen LogP contribution in [0.3, 0.4) is 0 Å². The molecule has 6 rings (SSSR count). The Hall–Kier alpha value is -0.900. The van der Waals surface area contributed by atoms with E-state index in [0.717, 1.165) is 48.7 Å². The Labute approximate surface area is 233 Å². The Bertz CT molecular complexity index is 998. The second-order valence-corrected chi connectivity index (χ2v) is 15.7. The smallest absolute Gasteiger partial charge is 0.0698 e. The van der Waals surface area contributed by atoms with Gasteiger partial charge >= 0.3 is 0 Å². The number of hydrogen-bond acceptors (Lipinski definition) is 3. The number of fused-ring (bicyclic) bond motifs is 1. The van der Waals surface area contributed by atoms with E-state index in [0.29, 0.717) is 16.2 Å². The molecule has 5 aliphatic rings. The maximum absolute atomic E-state index is 5.82. The van der Waals surface area contributed by atoms with Gasteiger partial charge in [0.1, 0.15) is 0 Å². The summed E-state index contributed by atoms with van der Waals surface area (Å²) in [7, 11) is 0. The van der Waals surface area contributed by atoms with Crippen LogP contribution in [0.4, 0.5) is 0 Å². The van der Waals surface area contributed by atoms with Gasteiger partial charge in [0.2, 0.25) is 0 Å². The first-order chi connectivity index (χ1) is 18.1. The summed E-state index contributed by atoms with van der Waals surface area (Å²) in [5, 5.41) is 0. The zero-order valence-electron chi connectivity index (χ0n) is 25.4. The second-order valence-electron chi connectivity index (χ2n) is 15.7. The first-order valence-corrected chi connectivity index (χ1v) is 16.3. The molecule has 2 N–H and O–H groups in total. The Morgan fingerprint density at radius 3 is 2.50 bits per heavy atom. The molecule has 3 nitrogen and oxygen atoms in total. The van der Waals surface area contributed by atoms with Crippen molar-refractivity contribution in [2.45, 2.75) is 131 Å². The van der Waals surface area contributed by atoms with E-state index < -0.39 is 0 Å². The summed E-state index contributed by atoms with van der Waals surface area (Å²) < 4.78 is 0. The van der Waals surface area contributed by atoms with Crippen LogP contribution in [0, 0.1) is 45.3 Å². The fraction of sp³-hybridized carbons (Fsp3) is 0.829. The van der Waals surface area contributed by atoms with Gasteiger partial charge in [0.15, 0.2) is 0 Å². The third-order valence-electron chi connectivity index (χ3n) is 13.8. The van der Waals surface area contributed by atoms with Gasteiger partial charge in [-0.3, -0.25) is 4.84 Å². The molecule has 2 spiro atoms. The van der Waals surface area contributed by atoms with E-state index in [1.165, 1.54) is 62.5 Å². The summed E-state index contributed by atoms with van der Waals surface area (Å²) in [5.41, 5.74) is 11.7. The summed E-state index contributed by atoms with van der Waals surface area (Å²) in [4.78, 5) is 5.82. The summed E-state index contributed by atoms with van der Waals surface area (Å²) in [6.45, 7) is 16.4. The van der Waals surface area contributed by atoms with Crippen LogP contribution in [-0.4, -0.2) is 6.61 Å². The Morgan fingerprint density at radius 2 is 1.76 bits per heavy atom. The zero-order chi connectivity index (χ0) is 26.8. The molecule has 0 bridgehead atoms. The van der Waals surface area contributed by atoms with Crippen LogP contribution in [-0.2, 0) is 16.8 Å². The quantitative estimate of drug-likeness (QED) is 0.252. The van der Waals surface area contributed by atoms with Gasteiger partial charge in [0, 0.05) is 6.54 Å². The molecule has 1 aromatic rings. The number of hydrazine groups is 1. The van der Waals surface area contributed by atoms with Gasteiger partial charge in [-0.1, -0.05) is 85.1 Å². The van der Waals surface area contributed by atoms with Crippen LogP contribution in [0.2, 0.25) is 0 Å². The topological polar surface area (TPSA) is 33.3 Å². The van der Waals surface area contributed by atoms with Gasteiger partial charge in [0.25, 0.3) is 0 Å². The maximum Gasteiger partial charge on any atom is 0.0698 e. The van der Waals surface area contributed by atoms with Crippen LogP contribution < -0.4 is 11.0 Å². The molecule has 5 saturated carbocycles. The van der Waals surface area contributed by atoms with E-state index in [4.69, 9.17) is 4.84 Å². The minimum atomic E-state index is 0.202. The summed E-state index contributed by atoms with van der Waals surface area (Å²) in [5.74, 6) is 4.03. The number of rotatable bonds is 9. The Balaban J connectivity index is 1.00. The summed E-state index contributed by atoms with van der Waals surface area (Å²) >= 11 is 0. The lowest BCUT2D eigenvalue weighted by atomic mass is 9.50. The highest BCUT2D eigenvalue weighted by molar-refractivity contribution is 5.37. The highest BCUT2D eigenvalue weighted by Gasteiger charge is 2.90. The molecule has 0 heterocycles. The van der Waals surface area contributed by atoms with Gasteiger partial charge in [-0.05, 0) is 120 Å². The number of hydrogen-bond donors (Lipinski definition) is 2. The van der Waals surface area contributed by atoms with Crippen molar-refractivity contribution in [3.05, 3.63) is 35.4 Å². The van der Waals surface area contributed by atoms with Crippen molar-refractivity contribution in [1.29, 1.82) is 0 Å². The maximum atomic E-state index is 5.82. The van der Waals surface area contributed by atoms with Crippen molar-refractivity contribution < 1.29 is 4.84 Å². The molecule has 1 aromatic carbocycles. The molecule has 3 heteroatoms. The molecule has 0 aliphatic heterocycles. The van der Waals surface area contributed by atoms with E-state index >= 15 is 0 Å². The molecule has 38 heavy (non-hydrogen) atoms. The van der Waals surface area contributed by atoms with Crippen LogP contribution in [0.15, 0.2) is 24.3 Å². The van der Waals surface area contributed by atoms with Crippen LogP contribution in [0.5, 0.6) is 0 Å². The molecule has 5 aliphatic carbocycles. The van der Waals surface area contributed by atoms with E-state index in [1.54, 1.807) is 19.3 Å². The molecule has 5 fully saturated rings. The molecule has 7 unspecified atom stereocenters. The van der Waals surface area contributed by atoms with Crippen molar-refractivity contribution >= 4 is 0 Å². The van der Waals surface area contributed by atoms with E-state index in [1.807, 2.05) is 0 Å². The largest absolute Gasteiger partial charge is 0.287 e. The third kappa shape index (κ3) is 3.69. The van der Waals surface area contributed by atoms with Crippen molar-refractivity contribution in [1.82, 2.24) is 11.0 Å². The Morgan fingerprint density at radius 1 is 0.974 bits per heavy atom. The predicted molar refractivity (Wildman–Crippen MR) is 157 cm³/mol. The lowest BCUT2D eigenvalue weighted by Gasteiger charge is -2.54. The average Bonchev–Trinajstić information content (AvgIpc) is 3.16. The van der Waals surface area contributed by atoms with Crippen molar-refractivity contribution in [3.8, 4) is 0 Å². The molecular formula is C35H56N2O. The van der Waals surface area contributed by atoms with Gasteiger partial charge in [-0.15, -0.1) is 5.59 Å². The molecule has 0 saturated heterocycles. The van der Waals surface area contributed by atoms with Crippen LogP contribution in [0.25, 0.3) is 0 Å². The van der Waals surface area contributed by atoms with Crippen LogP contribution >= 0.6 is 0 Å². The lowest BCUT2D eigenvalue weighted by molar-refractivity contribution is -0.0620. The number of nitrogens with one attached hydrogen (secondary N) is 2. The molecule has 8 atom stereocenters. The predicted octanol–water partition coefficient (Wildman–Crippen LogP) is 8.73. The van der Waals surface area contributed by atoms with Gasteiger partial charge in [0.05, 0.1) is 6.61 Å². The van der Waals surface area contributed by atoms with Crippen molar-refractivity contribution in [3.63, 3.8) is 0 Å². The highest BCUT2D eigenvalue weighted by Crippen LogP contribution is 2.96. The molecule has 0 amide bonds. The summed E-state index contributed by atoms with van der Waals surface area (Å²) in [6, 6.07) is 8.92. The van der Waals surface area contributed by atoms with Gasteiger partial charge in [-0.2, -0.15) is 0 Å². The molecule has 212 valence electrons. The van der Waals surface area contributed by atoms with Gasteiger partial charge < -0.3 is 0 Å². The first kappa shape index (κ1) is 27.3. The zero-order valence-corrected chi connectivity index (χ0v) is 25.4. The number of benzene rings is 1. The second kappa shape index (κ2) is 9.59. The molecule has 0 radical (unpaired) electrons. The SMILES string of the molecule is CC[C@H]1CC23C(CCC4(C)C(CCCONNCc5ccc(C(C)(C)C)cc5)CCC42C)C32CCCCC12. The summed E-state index contributed by atoms with van der Waals surface area (Å²) in [6.07, 6.45) is 17.6. The highest BCUT2D eigenvalue weighted by atomic mass is 16.7. The van der Waals surface area contributed by atoms with Crippen molar-refractivity contribution in [2.24, 2.45) is 45.3 Å². The molecular weight excluding hydrogens is 464 g/mol. The van der Waals surface area contributed by atoms with Crippen molar-refractivity contribution in [2.75, 3.05) is 6.61 Å². The standard InChI is InChI=1S/C35H56N2O/c1-7-26-23-35-30(34(35)19-9-8-12-29(26)34)18-20-32(5)28(17-21-33(32,35)6)11-10-22-38-37-36-24-25-13-15-27(16-14-25)31(2,3)4/h13-16,26,28-30,36-37H,7-12,17-24H2,1-6H3/t26-,28?,29?,30?,32?,33?,34?,35?/m0/s1. The minimum Gasteiger partial charge on any atom is -0.287 e. The van der Waals surface area contributed by atoms with Crippen LogP contribution in [0.1, 0.15) is 130 Å². The first-order valence-electron chi connectivity index (χ1n) is 16.3. The lowest BCUT2D eigenvalue weighted by Crippen LogP contribution is -2.47. The van der Waals surface area contributed by atoms with E-state index in [-0.39, 0.29) is 5.41 Å². The monoisotopic (exact) mass is 520 g/mol. The van der Waals surface area contributed by atoms with Gasteiger partial charge in [-0.25, -0.2) is 5.43 Å². The fourth-order valence-electron chi connectivity index (χ4n) is 11.9. The normalized spacial score (nSPS) is 43.3. The average molecular weight is 521 g/mol. The van der Waals surface area contributed by atoms with E-state index in [9.17, 15) is 0 Å². The van der Waals surface area contributed by atoms with E-state index in [2.05, 4.69) is 76.8 Å². The Kier molecular flexibility index (Phi) is 6.88. The third-order valence-corrected chi connectivity index (χ3v) is 13.8. The fourth-order valence-corrected chi connectivity index (χ4v) is 11.9.